The Morgan fingerprint density at radius 3 is 2.56 bits per heavy atom. The molecule has 0 saturated heterocycles. The fourth-order valence-corrected chi connectivity index (χ4v) is 1.53. The van der Waals surface area contributed by atoms with Gasteiger partial charge in [-0.2, -0.15) is 0 Å². The number of ether oxygens (including phenoxy) is 1. The lowest BCUT2D eigenvalue weighted by molar-refractivity contribution is -0.385. The van der Waals surface area contributed by atoms with Crippen molar-refractivity contribution in [2.75, 3.05) is 7.11 Å². The normalized spacial score (nSPS) is 11.7. The van der Waals surface area contributed by atoms with E-state index in [9.17, 15) is 19.7 Å². The van der Waals surface area contributed by atoms with Crippen LogP contribution in [0, 0.1) is 16.0 Å². The fourth-order valence-electron chi connectivity index (χ4n) is 1.53. The summed E-state index contributed by atoms with van der Waals surface area (Å²) in [5.74, 6) is -1.61. The second-order valence-corrected chi connectivity index (χ2v) is 3.82. The van der Waals surface area contributed by atoms with Crippen molar-refractivity contribution in [2.24, 2.45) is 5.92 Å². The average Bonchev–Trinajstić information content (AvgIpc) is 2.37. The molecule has 0 spiro atoms. The van der Waals surface area contributed by atoms with Gasteiger partial charge in [0.1, 0.15) is 0 Å². The first-order valence-electron chi connectivity index (χ1n) is 5.31. The van der Waals surface area contributed by atoms with E-state index in [1.807, 2.05) is 0 Å². The molecule has 0 N–H and O–H groups in total. The Morgan fingerprint density at radius 1 is 1.39 bits per heavy atom. The standard InChI is InChI=1S/C12H13NO5/c1-8(7-11(14)18-2)12(15)9-5-3-4-6-10(9)13(16)17/h3-6,8H,7H2,1-2H3. The van der Waals surface area contributed by atoms with Crippen LogP contribution in [0.2, 0.25) is 0 Å². The summed E-state index contributed by atoms with van der Waals surface area (Å²) in [7, 11) is 1.23. The van der Waals surface area contributed by atoms with Crippen LogP contribution in [0.15, 0.2) is 24.3 Å². The second-order valence-electron chi connectivity index (χ2n) is 3.82. The number of carbonyl (C=O) groups is 2. The van der Waals surface area contributed by atoms with E-state index in [1.165, 1.54) is 32.2 Å². The van der Waals surface area contributed by atoms with Gasteiger partial charge in [-0.25, -0.2) is 0 Å². The summed E-state index contributed by atoms with van der Waals surface area (Å²) in [6.45, 7) is 1.54. The maximum atomic E-state index is 12.0. The number of esters is 1. The summed E-state index contributed by atoms with van der Waals surface area (Å²) in [6.07, 6.45) is -0.0959. The number of Topliss-reactive ketones (excluding diaryl/α,β-unsaturated/α-hetero) is 1. The molecule has 0 aromatic heterocycles. The number of nitro benzene ring substituents is 1. The van der Waals surface area contributed by atoms with Crippen LogP contribution in [-0.2, 0) is 9.53 Å². The molecule has 1 aromatic carbocycles. The van der Waals surface area contributed by atoms with E-state index < -0.39 is 22.6 Å². The first-order valence-corrected chi connectivity index (χ1v) is 5.31. The molecule has 1 atom stereocenters. The highest BCUT2D eigenvalue weighted by Gasteiger charge is 2.25. The molecular weight excluding hydrogens is 238 g/mol. The molecule has 0 saturated carbocycles. The summed E-state index contributed by atoms with van der Waals surface area (Å²) in [5, 5.41) is 10.8. The monoisotopic (exact) mass is 251 g/mol. The SMILES string of the molecule is COC(=O)CC(C)C(=O)c1ccccc1[N+](=O)[O-]. The highest BCUT2D eigenvalue weighted by molar-refractivity contribution is 6.02. The molecule has 96 valence electrons. The van der Waals surface area contributed by atoms with Crippen molar-refractivity contribution in [2.45, 2.75) is 13.3 Å². The minimum atomic E-state index is -0.654. The van der Waals surface area contributed by atoms with Crippen LogP contribution < -0.4 is 0 Å². The van der Waals surface area contributed by atoms with Gasteiger partial charge in [-0.1, -0.05) is 19.1 Å². The number of benzene rings is 1. The Kier molecular flexibility index (Phi) is 4.53. The topological polar surface area (TPSA) is 86.5 Å². The van der Waals surface area contributed by atoms with E-state index >= 15 is 0 Å². The predicted octanol–water partition coefficient (Wildman–Crippen LogP) is 1.98. The van der Waals surface area contributed by atoms with Gasteiger partial charge in [0.25, 0.3) is 5.69 Å². The molecule has 1 rings (SSSR count). The van der Waals surface area contributed by atoms with Gasteiger partial charge in [0, 0.05) is 12.0 Å². The van der Waals surface area contributed by atoms with Crippen molar-refractivity contribution in [3.05, 3.63) is 39.9 Å². The molecule has 0 bridgehead atoms. The lowest BCUT2D eigenvalue weighted by Gasteiger charge is -2.09. The Hall–Kier alpha value is -2.24. The Balaban J connectivity index is 2.97. The molecule has 18 heavy (non-hydrogen) atoms. The molecule has 1 aromatic rings. The molecule has 6 nitrogen and oxygen atoms in total. The number of carbonyl (C=O) groups excluding carboxylic acids is 2. The van der Waals surface area contributed by atoms with Crippen molar-refractivity contribution in [3.63, 3.8) is 0 Å². The third kappa shape index (κ3) is 3.13. The third-order valence-corrected chi connectivity index (χ3v) is 2.51. The summed E-state index contributed by atoms with van der Waals surface area (Å²) < 4.78 is 4.46. The van der Waals surface area contributed by atoms with Gasteiger partial charge in [0.15, 0.2) is 5.78 Å². The fraction of sp³-hybridized carbons (Fsp3) is 0.333. The molecule has 0 heterocycles. The smallest absolute Gasteiger partial charge is 0.306 e. The molecule has 0 fully saturated rings. The molecule has 0 amide bonds. The van der Waals surface area contributed by atoms with E-state index in [0.29, 0.717) is 0 Å². The number of rotatable bonds is 5. The van der Waals surface area contributed by atoms with Gasteiger partial charge in [-0.05, 0) is 6.07 Å². The van der Waals surface area contributed by atoms with Crippen LogP contribution in [0.5, 0.6) is 0 Å². The molecule has 6 heteroatoms. The van der Waals surface area contributed by atoms with Crippen LogP contribution in [0.4, 0.5) is 5.69 Å². The summed E-state index contributed by atoms with van der Waals surface area (Å²) in [6, 6.07) is 5.68. The van der Waals surface area contributed by atoms with E-state index in [-0.39, 0.29) is 17.7 Å². The van der Waals surface area contributed by atoms with Crippen molar-refractivity contribution >= 4 is 17.4 Å². The van der Waals surface area contributed by atoms with Gasteiger partial charge in [-0.3, -0.25) is 19.7 Å². The van der Waals surface area contributed by atoms with Crippen LogP contribution in [0.1, 0.15) is 23.7 Å². The second kappa shape index (κ2) is 5.90. The largest absolute Gasteiger partial charge is 0.469 e. The summed E-state index contributed by atoms with van der Waals surface area (Å²) in [4.78, 5) is 33.3. The Labute approximate surface area is 104 Å². The average molecular weight is 251 g/mol. The predicted molar refractivity (Wildman–Crippen MR) is 63.2 cm³/mol. The van der Waals surface area contributed by atoms with Gasteiger partial charge in [0.05, 0.1) is 24.0 Å². The van der Waals surface area contributed by atoms with E-state index in [0.717, 1.165) is 0 Å². The Bertz CT molecular complexity index is 483. The summed E-state index contributed by atoms with van der Waals surface area (Å²) in [5.41, 5.74) is -0.238. The van der Waals surface area contributed by atoms with E-state index in [1.54, 1.807) is 6.07 Å². The third-order valence-electron chi connectivity index (χ3n) is 2.51. The van der Waals surface area contributed by atoms with Gasteiger partial charge in [-0.15, -0.1) is 0 Å². The number of para-hydroxylation sites is 1. The number of hydrogen-bond acceptors (Lipinski definition) is 5. The highest BCUT2D eigenvalue weighted by atomic mass is 16.6. The lowest BCUT2D eigenvalue weighted by atomic mass is 9.95. The molecule has 0 radical (unpaired) electrons. The minimum Gasteiger partial charge on any atom is -0.469 e. The van der Waals surface area contributed by atoms with Gasteiger partial charge < -0.3 is 4.74 Å². The van der Waals surface area contributed by atoms with Crippen LogP contribution in [0.25, 0.3) is 0 Å². The minimum absolute atomic E-state index is 0.0129. The Morgan fingerprint density at radius 2 is 2.00 bits per heavy atom. The molecule has 0 aliphatic heterocycles. The zero-order chi connectivity index (χ0) is 13.7. The molecular formula is C12H13NO5. The van der Waals surface area contributed by atoms with Crippen LogP contribution in [0.3, 0.4) is 0 Å². The number of ketones is 1. The highest BCUT2D eigenvalue weighted by Crippen LogP contribution is 2.22. The van der Waals surface area contributed by atoms with Crippen molar-refractivity contribution in [3.8, 4) is 0 Å². The van der Waals surface area contributed by atoms with Crippen molar-refractivity contribution < 1.29 is 19.2 Å². The quantitative estimate of drug-likeness (QED) is 0.345. The maximum absolute atomic E-state index is 12.0. The molecule has 0 aliphatic rings. The maximum Gasteiger partial charge on any atom is 0.306 e. The number of hydrogen-bond donors (Lipinski definition) is 0. The zero-order valence-electron chi connectivity index (χ0n) is 10.1. The number of nitro groups is 1. The van der Waals surface area contributed by atoms with E-state index in [2.05, 4.69) is 4.74 Å². The lowest BCUT2D eigenvalue weighted by Crippen LogP contribution is -2.17. The number of methoxy groups -OCH3 is 1. The van der Waals surface area contributed by atoms with Gasteiger partial charge >= 0.3 is 5.97 Å². The number of nitrogens with zero attached hydrogens (tertiary/aromatic N) is 1. The van der Waals surface area contributed by atoms with Gasteiger partial charge in [0.2, 0.25) is 0 Å². The van der Waals surface area contributed by atoms with Crippen molar-refractivity contribution in [1.29, 1.82) is 0 Å². The van der Waals surface area contributed by atoms with E-state index in [4.69, 9.17) is 0 Å². The first kappa shape index (κ1) is 13.8. The molecule has 1 unspecified atom stereocenters. The van der Waals surface area contributed by atoms with Crippen LogP contribution in [-0.4, -0.2) is 23.8 Å². The van der Waals surface area contributed by atoms with Crippen LogP contribution >= 0.6 is 0 Å². The summed E-state index contributed by atoms with van der Waals surface area (Å²) >= 11 is 0. The van der Waals surface area contributed by atoms with Crippen molar-refractivity contribution in [1.82, 2.24) is 0 Å². The molecule has 0 aliphatic carbocycles. The first-order chi connectivity index (χ1) is 8.47. The zero-order valence-corrected chi connectivity index (χ0v) is 10.1.